The Labute approximate surface area is 164 Å². The Bertz CT molecular complexity index is 1020. The van der Waals surface area contributed by atoms with Crippen LogP contribution < -0.4 is 10.4 Å². The number of amides is 1. The second kappa shape index (κ2) is 5.33. The minimum absolute atomic E-state index is 0.115. The normalized spacial score (nSPS) is 24.1. The summed E-state index contributed by atoms with van der Waals surface area (Å²) in [5, 5.41) is 0.820. The van der Waals surface area contributed by atoms with Gasteiger partial charge >= 0.3 is 7.12 Å². The van der Waals surface area contributed by atoms with E-state index in [9.17, 15) is 9.18 Å². The number of pyridine rings is 1. The molecule has 0 unspecified atom stereocenters. The number of anilines is 1. The topological polar surface area (TPSA) is 51.7 Å². The van der Waals surface area contributed by atoms with E-state index in [4.69, 9.17) is 9.31 Å². The van der Waals surface area contributed by atoms with Crippen LogP contribution in [-0.4, -0.2) is 36.3 Å². The Kier molecular flexibility index (Phi) is 3.44. The van der Waals surface area contributed by atoms with Crippen LogP contribution in [0.3, 0.4) is 0 Å². The second-order valence-electron chi connectivity index (χ2n) is 9.30. The molecule has 146 valence electrons. The van der Waals surface area contributed by atoms with Crippen molar-refractivity contribution in [1.29, 1.82) is 0 Å². The van der Waals surface area contributed by atoms with Crippen molar-refractivity contribution in [2.45, 2.75) is 63.6 Å². The standard InChI is InChI=1S/C21H24BFN2O3/c1-19(2)20(3,4)28-22(27-19)13-9-12-15(10-14(13)23)24-11-16-17(12)21(7-6-8-21)18(26)25(16)5/h9-11H,6-8H2,1-5H3. The van der Waals surface area contributed by atoms with Gasteiger partial charge in [0.05, 0.1) is 34.0 Å². The predicted octanol–water partition coefficient (Wildman–Crippen LogP) is 3.07. The SMILES string of the molecule is CN1C(=O)C2(CCC2)c2c1cnc1cc(F)c(B3OC(C)(C)C(C)(C)O3)cc21. The quantitative estimate of drug-likeness (QED) is 0.712. The average Bonchev–Trinajstić information content (AvgIpc) is 2.94. The molecule has 2 fully saturated rings. The fourth-order valence-electron chi connectivity index (χ4n) is 4.66. The highest BCUT2D eigenvalue weighted by atomic mass is 19.1. The predicted molar refractivity (Wildman–Crippen MR) is 106 cm³/mol. The van der Waals surface area contributed by atoms with Crippen LogP contribution in [0.25, 0.3) is 10.9 Å². The molecule has 2 aromatic rings. The number of carbonyl (C=O) groups is 1. The number of fused-ring (bicyclic) bond motifs is 4. The van der Waals surface area contributed by atoms with Gasteiger partial charge < -0.3 is 14.2 Å². The average molecular weight is 382 g/mol. The molecule has 0 bridgehead atoms. The lowest BCUT2D eigenvalue weighted by molar-refractivity contribution is -0.125. The third kappa shape index (κ3) is 2.09. The van der Waals surface area contributed by atoms with E-state index < -0.39 is 29.6 Å². The van der Waals surface area contributed by atoms with E-state index in [2.05, 4.69) is 4.98 Å². The van der Waals surface area contributed by atoms with Crippen molar-refractivity contribution in [3.63, 3.8) is 0 Å². The van der Waals surface area contributed by atoms with Crippen molar-refractivity contribution in [1.82, 2.24) is 4.98 Å². The van der Waals surface area contributed by atoms with Gasteiger partial charge in [-0.1, -0.05) is 6.42 Å². The molecule has 3 heterocycles. The van der Waals surface area contributed by atoms with E-state index in [0.29, 0.717) is 11.0 Å². The Balaban J connectivity index is 1.71. The molecule has 5 rings (SSSR count). The van der Waals surface area contributed by atoms with Gasteiger partial charge in [-0.2, -0.15) is 0 Å². The number of hydrogen-bond acceptors (Lipinski definition) is 4. The highest BCUT2D eigenvalue weighted by molar-refractivity contribution is 6.62. The summed E-state index contributed by atoms with van der Waals surface area (Å²) < 4.78 is 27.1. The highest BCUT2D eigenvalue weighted by Gasteiger charge is 2.55. The van der Waals surface area contributed by atoms with Crippen LogP contribution in [0.15, 0.2) is 18.3 Å². The Morgan fingerprint density at radius 3 is 2.36 bits per heavy atom. The summed E-state index contributed by atoms with van der Waals surface area (Å²) in [6, 6.07) is 3.22. The summed E-state index contributed by atoms with van der Waals surface area (Å²) in [7, 11) is 0.998. The van der Waals surface area contributed by atoms with Crippen LogP contribution in [0, 0.1) is 5.82 Å². The molecule has 2 aliphatic heterocycles. The third-order valence-electron chi connectivity index (χ3n) is 7.23. The van der Waals surface area contributed by atoms with E-state index in [0.717, 1.165) is 35.9 Å². The molecule has 1 saturated heterocycles. The summed E-state index contributed by atoms with van der Waals surface area (Å²) in [6.07, 6.45) is 4.36. The maximum absolute atomic E-state index is 15.0. The molecule has 3 aliphatic rings. The molecule has 1 saturated carbocycles. The van der Waals surface area contributed by atoms with Crippen molar-refractivity contribution in [2.75, 3.05) is 11.9 Å². The second-order valence-corrected chi connectivity index (χ2v) is 9.30. The number of halogens is 1. The minimum Gasteiger partial charge on any atom is -0.399 e. The number of rotatable bonds is 1. The summed E-state index contributed by atoms with van der Waals surface area (Å²) in [4.78, 5) is 19.1. The molecule has 1 amide bonds. The van der Waals surface area contributed by atoms with E-state index in [1.54, 1.807) is 24.2 Å². The fraction of sp³-hybridized carbons (Fsp3) is 0.524. The fourth-order valence-corrected chi connectivity index (χ4v) is 4.66. The summed E-state index contributed by atoms with van der Waals surface area (Å²) >= 11 is 0. The number of aromatic nitrogens is 1. The Morgan fingerprint density at radius 1 is 1.14 bits per heavy atom. The molecule has 0 atom stereocenters. The molecule has 5 nitrogen and oxygen atoms in total. The number of nitrogens with zero attached hydrogens (tertiary/aromatic N) is 2. The van der Waals surface area contributed by atoms with Crippen molar-refractivity contribution < 1.29 is 18.5 Å². The molecular weight excluding hydrogens is 358 g/mol. The smallest absolute Gasteiger partial charge is 0.399 e. The zero-order valence-electron chi connectivity index (χ0n) is 16.9. The van der Waals surface area contributed by atoms with Gasteiger partial charge in [-0.05, 0) is 52.7 Å². The van der Waals surface area contributed by atoms with E-state index >= 15 is 0 Å². The van der Waals surface area contributed by atoms with Gasteiger partial charge in [0, 0.05) is 23.5 Å². The van der Waals surface area contributed by atoms with Crippen LogP contribution in [0.1, 0.15) is 52.5 Å². The monoisotopic (exact) mass is 382 g/mol. The van der Waals surface area contributed by atoms with E-state index in [-0.39, 0.29) is 5.91 Å². The van der Waals surface area contributed by atoms with Gasteiger partial charge in [-0.3, -0.25) is 9.78 Å². The maximum Gasteiger partial charge on any atom is 0.497 e. The summed E-state index contributed by atoms with van der Waals surface area (Å²) in [6.45, 7) is 7.79. The Hall–Kier alpha value is -1.99. The van der Waals surface area contributed by atoms with E-state index in [1.165, 1.54) is 6.07 Å². The van der Waals surface area contributed by atoms with Gasteiger partial charge in [-0.15, -0.1) is 0 Å². The largest absolute Gasteiger partial charge is 0.497 e. The molecular formula is C21H24BFN2O3. The minimum atomic E-state index is -0.794. The third-order valence-corrected chi connectivity index (χ3v) is 7.23. The van der Waals surface area contributed by atoms with Crippen LogP contribution in [0.4, 0.5) is 10.1 Å². The molecule has 1 aromatic heterocycles. The van der Waals surface area contributed by atoms with Crippen molar-refractivity contribution in [3.8, 4) is 0 Å². The molecule has 1 aliphatic carbocycles. The van der Waals surface area contributed by atoms with Crippen LogP contribution in [0.2, 0.25) is 0 Å². The van der Waals surface area contributed by atoms with Crippen molar-refractivity contribution in [2.24, 2.45) is 0 Å². The number of benzene rings is 1. The van der Waals surface area contributed by atoms with Gasteiger partial charge in [0.25, 0.3) is 0 Å². The number of likely N-dealkylation sites (N-methyl/N-ethyl adjacent to an activating group) is 1. The lowest BCUT2D eigenvalue weighted by Gasteiger charge is -2.37. The van der Waals surface area contributed by atoms with Gasteiger partial charge in [-0.25, -0.2) is 4.39 Å². The van der Waals surface area contributed by atoms with Gasteiger partial charge in [0.2, 0.25) is 5.91 Å². The zero-order chi connectivity index (χ0) is 20.1. The molecule has 1 aromatic carbocycles. The van der Waals surface area contributed by atoms with E-state index in [1.807, 2.05) is 27.7 Å². The number of carbonyl (C=O) groups excluding carboxylic acids is 1. The zero-order valence-corrected chi connectivity index (χ0v) is 16.9. The molecule has 0 N–H and O–H groups in total. The summed E-state index contributed by atoms with van der Waals surface area (Å²) in [5.41, 5.74) is 1.13. The highest BCUT2D eigenvalue weighted by Crippen LogP contribution is 2.54. The summed E-state index contributed by atoms with van der Waals surface area (Å²) in [5.74, 6) is -0.289. The first-order chi connectivity index (χ1) is 13.1. The first kappa shape index (κ1) is 18.1. The van der Waals surface area contributed by atoms with Crippen LogP contribution in [-0.2, 0) is 19.5 Å². The lowest BCUT2D eigenvalue weighted by atomic mass is 9.64. The van der Waals surface area contributed by atoms with Gasteiger partial charge in [0.1, 0.15) is 5.82 Å². The molecule has 0 radical (unpaired) electrons. The van der Waals surface area contributed by atoms with Crippen molar-refractivity contribution in [3.05, 3.63) is 29.7 Å². The maximum atomic E-state index is 15.0. The van der Waals surface area contributed by atoms with Crippen molar-refractivity contribution >= 4 is 35.1 Å². The first-order valence-electron chi connectivity index (χ1n) is 9.84. The molecule has 1 spiro atoms. The van der Waals surface area contributed by atoms with Gasteiger partial charge in [0.15, 0.2) is 0 Å². The van der Waals surface area contributed by atoms with Crippen LogP contribution in [0.5, 0.6) is 0 Å². The Morgan fingerprint density at radius 2 is 1.79 bits per heavy atom. The molecule has 28 heavy (non-hydrogen) atoms. The van der Waals surface area contributed by atoms with Crippen LogP contribution >= 0.6 is 0 Å². The first-order valence-corrected chi connectivity index (χ1v) is 9.84. The lowest BCUT2D eigenvalue weighted by Crippen LogP contribution is -2.44. The number of hydrogen-bond donors (Lipinski definition) is 0. The molecule has 7 heteroatoms.